The van der Waals surface area contributed by atoms with Gasteiger partial charge in [0.2, 0.25) is 12.5 Å². The highest BCUT2D eigenvalue weighted by molar-refractivity contribution is 6.01. The Kier molecular flexibility index (Phi) is 3.95. The first kappa shape index (κ1) is 16.3. The largest absolute Gasteiger partial charge is 0.492 e. The number of fused-ring (bicyclic) bond motifs is 2. The smallest absolute Gasteiger partial charge is 0.287 e. The molecule has 1 aromatic carbocycles. The number of benzene rings is 1. The summed E-state index contributed by atoms with van der Waals surface area (Å²) in [7, 11) is 3.24. The standard InChI is InChI=1S/C18H18N2O6/c1-20-6-5-10-11(8-19-17(21)12-4-3-7-24-12)14-16(26-9-25-14)15(23-2)13(10)18(20)22/h3-4,7H,5-6,8-9H2,1-2H3,(H,19,21). The fourth-order valence-electron chi connectivity index (χ4n) is 3.33. The lowest BCUT2D eigenvalue weighted by Crippen LogP contribution is -2.36. The quantitative estimate of drug-likeness (QED) is 0.892. The van der Waals surface area contributed by atoms with Crippen molar-refractivity contribution >= 4 is 11.8 Å². The van der Waals surface area contributed by atoms with Crippen LogP contribution in [0.3, 0.4) is 0 Å². The summed E-state index contributed by atoms with van der Waals surface area (Å²) >= 11 is 0. The molecule has 4 rings (SSSR count). The summed E-state index contributed by atoms with van der Waals surface area (Å²) in [4.78, 5) is 26.6. The fourth-order valence-corrected chi connectivity index (χ4v) is 3.33. The third-order valence-electron chi connectivity index (χ3n) is 4.62. The van der Waals surface area contributed by atoms with Crippen LogP contribution in [0.4, 0.5) is 0 Å². The molecule has 0 fully saturated rings. The first-order chi connectivity index (χ1) is 12.6. The van der Waals surface area contributed by atoms with E-state index in [-0.39, 0.29) is 30.9 Å². The fraction of sp³-hybridized carbons (Fsp3) is 0.333. The maximum atomic E-state index is 12.7. The van der Waals surface area contributed by atoms with E-state index in [4.69, 9.17) is 18.6 Å². The Hall–Kier alpha value is -3.16. The van der Waals surface area contributed by atoms with E-state index in [0.29, 0.717) is 35.8 Å². The van der Waals surface area contributed by atoms with Gasteiger partial charge >= 0.3 is 0 Å². The summed E-state index contributed by atoms with van der Waals surface area (Å²) in [6.07, 6.45) is 2.07. The number of methoxy groups -OCH3 is 1. The average molecular weight is 358 g/mol. The van der Waals surface area contributed by atoms with E-state index in [1.807, 2.05) is 0 Å². The molecule has 0 unspecified atom stereocenters. The number of amides is 2. The molecule has 2 aliphatic heterocycles. The third-order valence-corrected chi connectivity index (χ3v) is 4.62. The van der Waals surface area contributed by atoms with Gasteiger partial charge in [-0.05, 0) is 24.1 Å². The third kappa shape index (κ3) is 2.45. The molecule has 3 heterocycles. The van der Waals surface area contributed by atoms with Crippen molar-refractivity contribution in [3.8, 4) is 17.2 Å². The van der Waals surface area contributed by atoms with Crippen molar-refractivity contribution in [1.29, 1.82) is 0 Å². The van der Waals surface area contributed by atoms with Gasteiger partial charge in [-0.1, -0.05) is 0 Å². The van der Waals surface area contributed by atoms with E-state index in [9.17, 15) is 9.59 Å². The van der Waals surface area contributed by atoms with Crippen molar-refractivity contribution < 1.29 is 28.2 Å². The van der Waals surface area contributed by atoms with Crippen molar-refractivity contribution in [3.63, 3.8) is 0 Å². The van der Waals surface area contributed by atoms with E-state index < -0.39 is 0 Å². The van der Waals surface area contributed by atoms with Gasteiger partial charge in [-0.15, -0.1) is 0 Å². The van der Waals surface area contributed by atoms with Crippen molar-refractivity contribution in [2.75, 3.05) is 27.5 Å². The number of nitrogens with zero attached hydrogens (tertiary/aromatic N) is 1. The molecule has 0 saturated carbocycles. The molecule has 26 heavy (non-hydrogen) atoms. The molecule has 8 heteroatoms. The van der Waals surface area contributed by atoms with Crippen LogP contribution in [0.5, 0.6) is 17.2 Å². The van der Waals surface area contributed by atoms with E-state index in [2.05, 4.69) is 5.32 Å². The second-order valence-corrected chi connectivity index (χ2v) is 6.07. The summed E-state index contributed by atoms with van der Waals surface area (Å²) in [5, 5.41) is 2.81. The molecule has 0 aliphatic carbocycles. The van der Waals surface area contributed by atoms with Crippen molar-refractivity contribution in [3.05, 3.63) is 40.8 Å². The number of carbonyl (C=O) groups is 2. The molecule has 0 radical (unpaired) electrons. The second kappa shape index (κ2) is 6.29. The van der Waals surface area contributed by atoms with Crippen molar-refractivity contribution in [2.45, 2.75) is 13.0 Å². The molecule has 1 N–H and O–H groups in total. The molecular formula is C18H18N2O6. The molecular weight excluding hydrogens is 340 g/mol. The summed E-state index contributed by atoms with van der Waals surface area (Å²) in [5.74, 6) is 1.03. The minimum absolute atomic E-state index is 0.0394. The van der Waals surface area contributed by atoms with Crippen LogP contribution in [0, 0.1) is 0 Å². The van der Waals surface area contributed by atoms with Gasteiger partial charge in [-0.25, -0.2) is 0 Å². The SMILES string of the molecule is COc1c2c(c(CNC(=O)c3ccco3)c3c1C(=O)N(C)CC3)OCO2. The molecule has 1 aromatic heterocycles. The van der Waals surface area contributed by atoms with Crippen LogP contribution in [0.1, 0.15) is 32.0 Å². The van der Waals surface area contributed by atoms with Gasteiger partial charge in [0.15, 0.2) is 17.3 Å². The first-order valence-corrected chi connectivity index (χ1v) is 8.20. The zero-order chi connectivity index (χ0) is 18.3. The van der Waals surface area contributed by atoms with Crippen LogP contribution in [0.15, 0.2) is 22.8 Å². The average Bonchev–Trinajstić information content (AvgIpc) is 3.33. The Bertz CT molecular complexity index is 875. The highest BCUT2D eigenvalue weighted by Gasteiger charge is 2.36. The monoisotopic (exact) mass is 358 g/mol. The second-order valence-electron chi connectivity index (χ2n) is 6.07. The maximum absolute atomic E-state index is 12.7. The van der Waals surface area contributed by atoms with E-state index in [1.165, 1.54) is 13.4 Å². The molecule has 136 valence electrons. The van der Waals surface area contributed by atoms with Crippen LogP contribution >= 0.6 is 0 Å². The van der Waals surface area contributed by atoms with Gasteiger partial charge in [-0.2, -0.15) is 0 Å². The van der Waals surface area contributed by atoms with E-state index >= 15 is 0 Å². The van der Waals surface area contributed by atoms with Gasteiger partial charge < -0.3 is 28.8 Å². The van der Waals surface area contributed by atoms with Crippen LogP contribution < -0.4 is 19.5 Å². The first-order valence-electron chi connectivity index (χ1n) is 8.20. The number of nitrogens with one attached hydrogen (secondary N) is 1. The van der Waals surface area contributed by atoms with Gasteiger partial charge in [0.25, 0.3) is 11.8 Å². The summed E-state index contributed by atoms with van der Waals surface area (Å²) in [5.41, 5.74) is 2.01. The zero-order valence-electron chi connectivity index (χ0n) is 14.5. The van der Waals surface area contributed by atoms with Gasteiger partial charge in [-0.3, -0.25) is 9.59 Å². The number of ether oxygens (including phenoxy) is 3. The van der Waals surface area contributed by atoms with Gasteiger partial charge in [0.1, 0.15) is 0 Å². The molecule has 2 amide bonds. The molecule has 0 atom stereocenters. The topological polar surface area (TPSA) is 90.2 Å². The predicted molar refractivity (Wildman–Crippen MR) is 89.7 cm³/mol. The number of carbonyl (C=O) groups excluding carboxylic acids is 2. The Morgan fingerprint density at radius 2 is 2.15 bits per heavy atom. The zero-order valence-corrected chi connectivity index (χ0v) is 14.5. The Morgan fingerprint density at radius 1 is 1.35 bits per heavy atom. The minimum atomic E-state index is -0.341. The predicted octanol–water partition coefficient (Wildman–Crippen LogP) is 1.57. The van der Waals surface area contributed by atoms with Gasteiger partial charge in [0, 0.05) is 25.7 Å². The minimum Gasteiger partial charge on any atom is -0.492 e. The van der Waals surface area contributed by atoms with E-state index in [0.717, 1.165) is 11.1 Å². The molecule has 2 aromatic rings. The van der Waals surface area contributed by atoms with Crippen molar-refractivity contribution in [1.82, 2.24) is 10.2 Å². The summed E-state index contributed by atoms with van der Waals surface area (Å²) in [6.45, 7) is 0.806. The van der Waals surface area contributed by atoms with Crippen LogP contribution in [0.25, 0.3) is 0 Å². The number of hydrogen-bond donors (Lipinski definition) is 1. The number of likely N-dealkylation sites (N-methyl/N-ethyl adjacent to an activating group) is 1. The maximum Gasteiger partial charge on any atom is 0.287 e. The van der Waals surface area contributed by atoms with Gasteiger partial charge in [0.05, 0.1) is 18.9 Å². The highest BCUT2D eigenvalue weighted by atomic mass is 16.7. The molecule has 0 spiro atoms. The number of furan rings is 1. The number of rotatable bonds is 4. The Balaban J connectivity index is 1.76. The lowest BCUT2D eigenvalue weighted by molar-refractivity contribution is 0.0775. The highest BCUT2D eigenvalue weighted by Crippen LogP contribution is 2.49. The summed E-state index contributed by atoms with van der Waals surface area (Å²) in [6, 6.07) is 3.23. The lowest BCUT2D eigenvalue weighted by atomic mass is 9.91. The summed E-state index contributed by atoms with van der Waals surface area (Å²) < 4.78 is 21.7. The molecule has 8 nitrogen and oxygen atoms in total. The van der Waals surface area contributed by atoms with Crippen LogP contribution in [0.2, 0.25) is 0 Å². The Labute approximate surface area is 149 Å². The molecule has 0 saturated heterocycles. The van der Waals surface area contributed by atoms with E-state index in [1.54, 1.807) is 24.1 Å². The molecule has 2 aliphatic rings. The normalized spacial score (nSPS) is 15.0. The van der Waals surface area contributed by atoms with Crippen LogP contribution in [-0.2, 0) is 13.0 Å². The number of hydrogen-bond acceptors (Lipinski definition) is 6. The van der Waals surface area contributed by atoms with Crippen molar-refractivity contribution in [2.24, 2.45) is 0 Å². The lowest BCUT2D eigenvalue weighted by Gasteiger charge is -2.29. The Morgan fingerprint density at radius 3 is 2.88 bits per heavy atom. The molecule has 0 bridgehead atoms. The van der Waals surface area contributed by atoms with Crippen LogP contribution in [-0.4, -0.2) is 44.2 Å².